The molecular weight excluding hydrogens is 212 g/mol. The van der Waals surface area contributed by atoms with Crippen LogP contribution < -0.4 is 10.6 Å². The van der Waals surface area contributed by atoms with E-state index in [1.54, 1.807) is 0 Å². The minimum Gasteiger partial charge on any atom is -0.384 e. The van der Waals surface area contributed by atoms with Crippen molar-refractivity contribution in [1.29, 1.82) is 0 Å². The average molecular weight is 232 g/mol. The highest BCUT2D eigenvalue weighted by molar-refractivity contribution is 5.77. The second-order valence-corrected chi connectivity index (χ2v) is 4.77. The molecule has 17 heavy (non-hydrogen) atoms. The lowest BCUT2D eigenvalue weighted by Gasteiger charge is -2.11. The minimum atomic E-state index is 0.158. The second kappa shape index (κ2) is 5.21. The zero-order valence-electron chi connectivity index (χ0n) is 10.5. The molecule has 92 valence electrons. The highest BCUT2D eigenvalue weighted by Gasteiger charge is 2.22. The molecular formula is C14H20N2O. The van der Waals surface area contributed by atoms with E-state index in [-0.39, 0.29) is 5.91 Å². The van der Waals surface area contributed by atoms with Gasteiger partial charge in [-0.15, -0.1) is 0 Å². The van der Waals surface area contributed by atoms with Gasteiger partial charge < -0.3 is 10.6 Å². The standard InChI is InChI=1S/C14H20N2O/c1-10-4-3-5-13(11(10)2)15-9-8-14(17)16-12-6-7-12/h3-5,12,15H,6-9H2,1-2H3,(H,16,17). The molecule has 0 aromatic heterocycles. The smallest absolute Gasteiger partial charge is 0.221 e. The van der Waals surface area contributed by atoms with Crippen molar-refractivity contribution in [1.82, 2.24) is 5.32 Å². The van der Waals surface area contributed by atoms with Crippen LogP contribution in [-0.2, 0) is 4.79 Å². The van der Waals surface area contributed by atoms with Gasteiger partial charge in [-0.2, -0.15) is 0 Å². The Bertz CT molecular complexity index is 411. The molecule has 1 aliphatic carbocycles. The first-order chi connectivity index (χ1) is 8.16. The number of nitrogens with one attached hydrogen (secondary N) is 2. The van der Waals surface area contributed by atoms with Crippen LogP contribution in [0.3, 0.4) is 0 Å². The molecule has 0 spiro atoms. The van der Waals surface area contributed by atoms with E-state index in [2.05, 4.69) is 36.6 Å². The summed E-state index contributed by atoms with van der Waals surface area (Å²) >= 11 is 0. The number of benzene rings is 1. The third-order valence-electron chi connectivity index (χ3n) is 3.21. The lowest BCUT2D eigenvalue weighted by Crippen LogP contribution is -2.27. The first-order valence-corrected chi connectivity index (χ1v) is 6.26. The predicted octanol–water partition coefficient (Wildman–Crippen LogP) is 2.38. The Balaban J connectivity index is 1.77. The van der Waals surface area contributed by atoms with Gasteiger partial charge in [-0.1, -0.05) is 12.1 Å². The van der Waals surface area contributed by atoms with Crippen molar-refractivity contribution >= 4 is 11.6 Å². The van der Waals surface area contributed by atoms with Crippen LogP contribution in [0.4, 0.5) is 5.69 Å². The van der Waals surface area contributed by atoms with Gasteiger partial charge >= 0.3 is 0 Å². The molecule has 0 saturated heterocycles. The zero-order valence-corrected chi connectivity index (χ0v) is 10.5. The molecule has 1 aromatic rings. The predicted molar refractivity (Wildman–Crippen MR) is 70.2 cm³/mol. The van der Waals surface area contributed by atoms with E-state index in [1.807, 2.05) is 6.07 Å². The summed E-state index contributed by atoms with van der Waals surface area (Å²) in [4.78, 5) is 11.5. The van der Waals surface area contributed by atoms with Gasteiger partial charge in [0.1, 0.15) is 0 Å². The van der Waals surface area contributed by atoms with E-state index in [0.717, 1.165) is 18.5 Å². The maximum absolute atomic E-state index is 11.5. The molecule has 1 amide bonds. The lowest BCUT2D eigenvalue weighted by atomic mass is 10.1. The fraction of sp³-hybridized carbons (Fsp3) is 0.500. The van der Waals surface area contributed by atoms with E-state index in [4.69, 9.17) is 0 Å². The average Bonchev–Trinajstić information content (AvgIpc) is 3.08. The highest BCUT2D eigenvalue weighted by Crippen LogP contribution is 2.19. The van der Waals surface area contributed by atoms with E-state index in [1.165, 1.54) is 11.1 Å². The van der Waals surface area contributed by atoms with Crippen LogP contribution in [-0.4, -0.2) is 18.5 Å². The molecule has 0 aliphatic heterocycles. The van der Waals surface area contributed by atoms with Gasteiger partial charge in [-0.3, -0.25) is 4.79 Å². The van der Waals surface area contributed by atoms with Gasteiger partial charge in [0.15, 0.2) is 0 Å². The first kappa shape index (κ1) is 12.0. The molecule has 1 aliphatic rings. The number of anilines is 1. The van der Waals surface area contributed by atoms with Gasteiger partial charge in [0.25, 0.3) is 0 Å². The Morgan fingerprint density at radius 3 is 2.82 bits per heavy atom. The number of aryl methyl sites for hydroxylation is 1. The first-order valence-electron chi connectivity index (χ1n) is 6.26. The SMILES string of the molecule is Cc1cccc(NCCC(=O)NC2CC2)c1C. The van der Waals surface area contributed by atoms with Gasteiger partial charge in [0.05, 0.1) is 0 Å². The van der Waals surface area contributed by atoms with Crippen LogP contribution in [0, 0.1) is 13.8 Å². The summed E-state index contributed by atoms with van der Waals surface area (Å²) in [5, 5.41) is 6.30. The largest absolute Gasteiger partial charge is 0.384 e. The van der Waals surface area contributed by atoms with Crippen molar-refractivity contribution in [2.75, 3.05) is 11.9 Å². The van der Waals surface area contributed by atoms with Crippen molar-refractivity contribution in [3.05, 3.63) is 29.3 Å². The number of carbonyl (C=O) groups is 1. The zero-order chi connectivity index (χ0) is 12.3. The summed E-state index contributed by atoms with van der Waals surface area (Å²) in [6.45, 7) is 4.89. The van der Waals surface area contributed by atoms with Crippen LogP contribution in [0.25, 0.3) is 0 Å². The lowest BCUT2D eigenvalue weighted by molar-refractivity contribution is -0.120. The van der Waals surface area contributed by atoms with Crippen LogP contribution in [0.5, 0.6) is 0 Å². The van der Waals surface area contributed by atoms with Crippen molar-refractivity contribution in [3.63, 3.8) is 0 Å². The molecule has 1 aromatic carbocycles. The van der Waals surface area contributed by atoms with Crippen LogP contribution in [0.2, 0.25) is 0 Å². The van der Waals surface area contributed by atoms with Gasteiger partial charge in [-0.25, -0.2) is 0 Å². The molecule has 0 radical (unpaired) electrons. The molecule has 0 bridgehead atoms. The summed E-state index contributed by atoms with van der Waals surface area (Å²) in [6.07, 6.45) is 2.84. The summed E-state index contributed by atoms with van der Waals surface area (Å²) in [5.74, 6) is 0.158. The van der Waals surface area contributed by atoms with Crippen molar-refractivity contribution in [3.8, 4) is 0 Å². The van der Waals surface area contributed by atoms with Crippen LogP contribution >= 0.6 is 0 Å². The monoisotopic (exact) mass is 232 g/mol. The normalized spacial score (nSPS) is 14.5. The number of carbonyl (C=O) groups excluding carboxylic acids is 1. The van der Waals surface area contributed by atoms with E-state index in [9.17, 15) is 4.79 Å². The Morgan fingerprint density at radius 1 is 1.35 bits per heavy atom. The van der Waals surface area contributed by atoms with Crippen molar-refractivity contribution < 1.29 is 4.79 Å². The van der Waals surface area contributed by atoms with Crippen LogP contribution in [0.1, 0.15) is 30.4 Å². The number of rotatable bonds is 5. The van der Waals surface area contributed by atoms with E-state index in [0.29, 0.717) is 19.0 Å². The molecule has 0 atom stereocenters. The van der Waals surface area contributed by atoms with E-state index < -0.39 is 0 Å². The maximum Gasteiger partial charge on any atom is 0.221 e. The highest BCUT2D eigenvalue weighted by atomic mass is 16.1. The summed E-state index contributed by atoms with van der Waals surface area (Å²) in [5.41, 5.74) is 3.66. The van der Waals surface area contributed by atoms with Crippen molar-refractivity contribution in [2.24, 2.45) is 0 Å². The topological polar surface area (TPSA) is 41.1 Å². The fourth-order valence-electron chi connectivity index (χ4n) is 1.78. The molecule has 1 saturated carbocycles. The molecule has 0 unspecified atom stereocenters. The Hall–Kier alpha value is -1.51. The third-order valence-corrected chi connectivity index (χ3v) is 3.21. The minimum absolute atomic E-state index is 0.158. The van der Waals surface area contributed by atoms with Crippen LogP contribution in [0.15, 0.2) is 18.2 Å². The third kappa shape index (κ3) is 3.48. The molecule has 3 heteroatoms. The molecule has 3 nitrogen and oxygen atoms in total. The quantitative estimate of drug-likeness (QED) is 0.818. The Morgan fingerprint density at radius 2 is 2.12 bits per heavy atom. The Kier molecular flexibility index (Phi) is 3.67. The molecule has 2 N–H and O–H groups in total. The van der Waals surface area contributed by atoms with Gasteiger partial charge in [-0.05, 0) is 43.9 Å². The van der Waals surface area contributed by atoms with Gasteiger partial charge in [0.2, 0.25) is 5.91 Å². The number of hydrogen-bond donors (Lipinski definition) is 2. The molecule has 2 rings (SSSR count). The number of amides is 1. The summed E-state index contributed by atoms with van der Waals surface area (Å²) in [6, 6.07) is 6.65. The summed E-state index contributed by atoms with van der Waals surface area (Å²) in [7, 11) is 0. The fourth-order valence-corrected chi connectivity index (χ4v) is 1.78. The Labute approximate surface area is 103 Å². The van der Waals surface area contributed by atoms with E-state index >= 15 is 0 Å². The van der Waals surface area contributed by atoms with Gasteiger partial charge in [0, 0.05) is 24.7 Å². The summed E-state index contributed by atoms with van der Waals surface area (Å²) < 4.78 is 0. The second-order valence-electron chi connectivity index (χ2n) is 4.77. The molecule has 0 heterocycles. The molecule has 1 fully saturated rings. The number of hydrogen-bond acceptors (Lipinski definition) is 2. The van der Waals surface area contributed by atoms with Crippen molar-refractivity contribution in [2.45, 2.75) is 39.2 Å². The maximum atomic E-state index is 11.5.